The molecule has 0 fully saturated rings. The number of hydrogen-bond donors (Lipinski definition) is 1. The molecule has 4 nitrogen and oxygen atoms in total. The Labute approximate surface area is 97.8 Å². The predicted octanol–water partition coefficient (Wildman–Crippen LogP) is 2.48. The molecule has 92 valence electrons. The zero-order valence-corrected chi connectivity index (χ0v) is 10.6. The van der Waals surface area contributed by atoms with Gasteiger partial charge in [0.05, 0.1) is 0 Å². The Morgan fingerprint density at radius 3 is 2.75 bits per heavy atom. The molecule has 0 aliphatic heterocycles. The van der Waals surface area contributed by atoms with Gasteiger partial charge in [0, 0.05) is 25.9 Å². The number of hydrogen-bond acceptors (Lipinski definition) is 4. The Kier molecular flexibility index (Phi) is 6.08. The van der Waals surface area contributed by atoms with Gasteiger partial charge in [-0.05, 0) is 12.8 Å². The average Bonchev–Trinajstić information content (AvgIpc) is 2.69. The van der Waals surface area contributed by atoms with Crippen molar-refractivity contribution >= 4 is 0 Å². The van der Waals surface area contributed by atoms with Crippen LogP contribution in [-0.4, -0.2) is 22.7 Å². The molecule has 1 rings (SSSR count). The van der Waals surface area contributed by atoms with E-state index in [4.69, 9.17) is 4.52 Å². The summed E-state index contributed by atoms with van der Waals surface area (Å²) in [6.07, 6.45) is 5.86. The highest BCUT2D eigenvalue weighted by Crippen LogP contribution is 2.04. The summed E-state index contributed by atoms with van der Waals surface area (Å²) in [5.74, 6) is 1.45. The topological polar surface area (TPSA) is 51.0 Å². The van der Waals surface area contributed by atoms with E-state index in [2.05, 4.69) is 29.3 Å². The van der Waals surface area contributed by atoms with Gasteiger partial charge >= 0.3 is 0 Å². The zero-order valence-electron chi connectivity index (χ0n) is 10.6. The van der Waals surface area contributed by atoms with Crippen LogP contribution >= 0.6 is 0 Å². The van der Waals surface area contributed by atoms with Crippen LogP contribution in [0.1, 0.15) is 51.2 Å². The minimum atomic E-state index is 0.632. The lowest BCUT2D eigenvalue weighted by Gasteiger charge is -2.15. The van der Waals surface area contributed by atoms with E-state index in [1.54, 1.807) is 0 Å². The van der Waals surface area contributed by atoms with Gasteiger partial charge in [0.2, 0.25) is 5.89 Å². The summed E-state index contributed by atoms with van der Waals surface area (Å²) in [5, 5.41) is 7.41. The van der Waals surface area contributed by atoms with Crippen LogP contribution in [0.5, 0.6) is 0 Å². The normalized spacial score (nSPS) is 12.9. The van der Waals surface area contributed by atoms with E-state index in [1.165, 1.54) is 25.7 Å². The highest BCUT2D eigenvalue weighted by Gasteiger charge is 2.06. The lowest BCUT2D eigenvalue weighted by molar-refractivity contribution is 0.385. The van der Waals surface area contributed by atoms with Gasteiger partial charge in [-0.25, -0.2) is 0 Å². The Morgan fingerprint density at radius 1 is 1.38 bits per heavy atom. The summed E-state index contributed by atoms with van der Waals surface area (Å²) in [4.78, 5) is 4.18. The third kappa shape index (κ3) is 4.75. The second-order valence-electron chi connectivity index (χ2n) is 4.18. The molecule has 1 heterocycles. The first-order chi connectivity index (χ1) is 7.76. The van der Waals surface area contributed by atoms with Gasteiger partial charge in [-0.3, -0.25) is 0 Å². The van der Waals surface area contributed by atoms with Crippen molar-refractivity contribution in [2.45, 2.75) is 58.9 Å². The maximum Gasteiger partial charge on any atom is 0.223 e. The summed E-state index contributed by atoms with van der Waals surface area (Å²) in [5.41, 5.74) is 0. The molecule has 0 spiro atoms. The largest absolute Gasteiger partial charge is 0.340 e. The lowest BCUT2D eigenvalue weighted by atomic mass is 10.1. The first-order valence-electron chi connectivity index (χ1n) is 6.28. The van der Waals surface area contributed by atoms with Crippen LogP contribution in [0.4, 0.5) is 0 Å². The molecule has 0 aromatic carbocycles. The third-order valence-electron chi connectivity index (χ3n) is 2.75. The number of nitrogens with one attached hydrogen (secondary N) is 1. The van der Waals surface area contributed by atoms with Gasteiger partial charge in [0.15, 0.2) is 5.82 Å². The Morgan fingerprint density at radius 2 is 2.19 bits per heavy atom. The standard InChI is InChI=1S/C12H23N3O/c1-4-6-7-11(5-2)13-9-8-12-14-10(3)16-15-12/h11,13H,4-9H2,1-3H3. The molecular formula is C12H23N3O. The minimum absolute atomic E-state index is 0.632. The van der Waals surface area contributed by atoms with Crippen LogP contribution in [-0.2, 0) is 6.42 Å². The monoisotopic (exact) mass is 225 g/mol. The third-order valence-corrected chi connectivity index (χ3v) is 2.75. The van der Waals surface area contributed by atoms with Gasteiger partial charge < -0.3 is 9.84 Å². The van der Waals surface area contributed by atoms with Crippen LogP contribution in [0, 0.1) is 6.92 Å². The van der Waals surface area contributed by atoms with Crippen molar-refractivity contribution in [1.29, 1.82) is 0 Å². The summed E-state index contributed by atoms with van der Waals surface area (Å²) in [7, 11) is 0. The fourth-order valence-corrected chi connectivity index (χ4v) is 1.73. The number of aromatic nitrogens is 2. The van der Waals surface area contributed by atoms with Crippen LogP contribution in [0.15, 0.2) is 4.52 Å². The number of unbranched alkanes of at least 4 members (excludes halogenated alkanes) is 1. The Hall–Kier alpha value is -0.900. The molecule has 1 aromatic rings. The van der Waals surface area contributed by atoms with Gasteiger partial charge in [0.25, 0.3) is 0 Å². The van der Waals surface area contributed by atoms with E-state index in [9.17, 15) is 0 Å². The zero-order chi connectivity index (χ0) is 11.8. The fraction of sp³-hybridized carbons (Fsp3) is 0.833. The number of nitrogens with zero attached hydrogens (tertiary/aromatic N) is 2. The fourth-order valence-electron chi connectivity index (χ4n) is 1.73. The van der Waals surface area contributed by atoms with Crippen molar-refractivity contribution in [3.63, 3.8) is 0 Å². The van der Waals surface area contributed by atoms with Gasteiger partial charge in [-0.15, -0.1) is 0 Å². The van der Waals surface area contributed by atoms with Crippen molar-refractivity contribution in [3.05, 3.63) is 11.7 Å². The molecule has 0 bridgehead atoms. The van der Waals surface area contributed by atoms with Crippen LogP contribution in [0.3, 0.4) is 0 Å². The van der Waals surface area contributed by atoms with Crippen molar-refractivity contribution in [2.24, 2.45) is 0 Å². The summed E-state index contributed by atoms with van der Waals surface area (Å²) < 4.78 is 4.92. The summed E-state index contributed by atoms with van der Waals surface area (Å²) in [6, 6.07) is 0.632. The predicted molar refractivity (Wildman–Crippen MR) is 64.3 cm³/mol. The van der Waals surface area contributed by atoms with Gasteiger partial charge in [-0.2, -0.15) is 4.98 Å². The van der Waals surface area contributed by atoms with E-state index in [0.29, 0.717) is 11.9 Å². The van der Waals surface area contributed by atoms with E-state index in [1.807, 2.05) is 6.92 Å². The molecule has 0 saturated carbocycles. The van der Waals surface area contributed by atoms with Crippen molar-refractivity contribution in [3.8, 4) is 0 Å². The van der Waals surface area contributed by atoms with Crippen LogP contribution < -0.4 is 5.32 Å². The minimum Gasteiger partial charge on any atom is -0.340 e. The summed E-state index contributed by atoms with van der Waals surface area (Å²) in [6.45, 7) is 7.21. The SMILES string of the molecule is CCCCC(CC)NCCc1noc(C)n1. The maximum absolute atomic E-state index is 4.92. The van der Waals surface area contributed by atoms with Crippen molar-refractivity contribution in [1.82, 2.24) is 15.5 Å². The van der Waals surface area contributed by atoms with E-state index in [0.717, 1.165) is 18.8 Å². The molecule has 4 heteroatoms. The molecule has 1 unspecified atom stereocenters. The van der Waals surface area contributed by atoms with Gasteiger partial charge in [-0.1, -0.05) is 31.8 Å². The second-order valence-corrected chi connectivity index (χ2v) is 4.18. The maximum atomic E-state index is 4.92. The average molecular weight is 225 g/mol. The lowest BCUT2D eigenvalue weighted by Crippen LogP contribution is -2.30. The van der Waals surface area contributed by atoms with Crippen LogP contribution in [0.25, 0.3) is 0 Å². The van der Waals surface area contributed by atoms with Gasteiger partial charge in [0.1, 0.15) is 0 Å². The molecule has 0 amide bonds. The second kappa shape index (κ2) is 7.39. The summed E-state index contributed by atoms with van der Waals surface area (Å²) >= 11 is 0. The quantitative estimate of drug-likeness (QED) is 0.738. The molecule has 0 aliphatic rings. The van der Waals surface area contributed by atoms with Crippen LogP contribution in [0.2, 0.25) is 0 Å². The van der Waals surface area contributed by atoms with E-state index < -0.39 is 0 Å². The Balaban J connectivity index is 2.17. The molecule has 1 N–H and O–H groups in total. The van der Waals surface area contributed by atoms with Crippen molar-refractivity contribution < 1.29 is 4.52 Å². The number of aryl methyl sites for hydroxylation is 1. The molecular weight excluding hydrogens is 202 g/mol. The van der Waals surface area contributed by atoms with E-state index in [-0.39, 0.29) is 0 Å². The first-order valence-corrected chi connectivity index (χ1v) is 6.28. The molecule has 16 heavy (non-hydrogen) atoms. The smallest absolute Gasteiger partial charge is 0.223 e. The molecule has 0 aliphatic carbocycles. The van der Waals surface area contributed by atoms with E-state index >= 15 is 0 Å². The molecule has 1 aromatic heterocycles. The Bertz CT molecular complexity index is 286. The highest BCUT2D eigenvalue weighted by molar-refractivity contribution is 4.84. The first kappa shape index (κ1) is 13.2. The molecule has 1 atom stereocenters. The van der Waals surface area contributed by atoms with Crippen molar-refractivity contribution in [2.75, 3.05) is 6.54 Å². The number of rotatable bonds is 8. The molecule has 0 saturated heterocycles. The molecule has 0 radical (unpaired) electrons. The highest BCUT2D eigenvalue weighted by atomic mass is 16.5.